The first kappa shape index (κ1) is 17.4. The highest BCUT2D eigenvalue weighted by molar-refractivity contribution is 5.76. The number of piperidine rings is 1. The van der Waals surface area contributed by atoms with Crippen molar-refractivity contribution in [3.63, 3.8) is 0 Å². The minimum atomic E-state index is 0.0966. The normalized spacial score (nSPS) is 25.6. The van der Waals surface area contributed by atoms with Crippen LogP contribution < -0.4 is 0 Å². The number of rotatable bonds is 5. The van der Waals surface area contributed by atoms with Crippen molar-refractivity contribution < 1.29 is 9.53 Å². The van der Waals surface area contributed by atoms with Crippen LogP contribution in [0.1, 0.15) is 38.2 Å². The fourth-order valence-electron chi connectivity index (χ4n) is 3.97. The Hall–Kier alpha value is -1.39. The molecule has 0 aromatic heterocycles. The van der Waals surface area contributed by atoms with Gasteiger partial charge in [-0.1, -0.05) is 37.3 Å². The Morgan fingerprint density at radius 3 is 2.67 bits per heavy atom. The Balaban J connectivity index is 1.49. The molecule has 0 N–H and O–H groups in total. The molecule has 1 amide bonds. The van der Waals surface area contributed by atoms with Gasteiger partial charge in [0, 0.05) is 38.0 Å². The summed E-state index contributed by atoms with van der Waals surface area (Å²) in [5.41, 5.74) is 1.45. The lowest BCUT2D eigenvalue weighted by molar-refractivity contribution is -0.133. The first-order chi connectivity index (χ1) is 11.7. The smallest absolute Gasteiger partial charge is 0.222 e. The van der Waals surface area contributed by atoms with Crippen molar-refractivity contribution in [2.75, 3.05) is 45.9 Å². The fraction of sp³-hybridized carbons (Fsp3) is 0.650. The van der Waals surface area contributed by atoms with E-state index < -0.39 is 0 Å². The molecule has 1 atom stereocenters. The van der Waals surface area contributed by atoms with Gasteiger partial charge in [-0.15, -0.1) is 0 Å². The average molecular weight is 330 g/mol. The Morgan fingerprint density at radius 1 is 1.17 bits per heavy atom. The summed E-state index contributed by atoms with van der Waals surface area (Å²) in [4.78, 5) is 17.1. The third-order valence-electron chi connectivity index (χ3n) is 5.49. The lowest BCUT2D eigenvalue weighted by Gasteiger charge is -2.41. The monoisotopic (exact) mass is 330 g/mol. The van der Waals surface area contributed by atoms with Crippen molar-refractivity contribution in [2.45, 2.75) is 38.0 Å². The van der Waals surface area contributed by atoms with Crippen LogP contribution in [0.3, 0.4) is 0 Å². The van der Waals surface area contributed by atoms with Crippen LogP contribution in [-0.4, -0.2) is 61.6 Å². The standard InChI is InChI=1S/C20H30N2O2/c1-20(18-7-3-2-4-8-18)10-6-12-22(17-20)19(23)9-5-11-21-13-15-24-16-14-21/h2-4,7-8H,5-6,9-17H2,1H3/t20-/m0/s1. The van der Waals surface area contributed by atoms with Crippen LogP contribution in [0.25, 0.3) is 0 Å². The zero-order valence-electron chi connectivity index (χ0n) is 14.9. The number of carbonyl (C=O) groups is 1. The van der Waals surface area contributed by atoms with Crippen molar-refractivity contribution >= 4 is 5.91 Å². The molecule has 0 aliphatic carbocycles. The Bertz CT molecular complexity index is 528. The maximum Gasteiger partial charge on any atom is 0.222 e. The molecular weight excluding hydrogens is 300 g/mol. The van der Waals surface area contributed by atoms with Gasteiger partial charge in [0.2, 0.25) is 5.91 Å². The zero-order valence-corrected chi connectivity index (χ0v) is 14.9. The predicted molar refractivity (Wildman–Crippen MR) is 96.1 cm³/mol. The van der Waals surface area contributed by atoms with E-state index in [9.17, 15) is 4.79 Å². The van der Waals surface area contributed by atoms with E-state index in [1.807, 2.05) is 0 Å². The summed E-state index contributed by atoms with van der Waals surface area (Å²) in [5.74, 6) is 0.324. The van der Waals surface area contributed by atoms with Crippen LogP contribution in [0.5, 0.6) is 0 Å². The van der Waals surface area contributed by atoms with Crippen LogP contribution >= 0.6 is 0 Å². The van der Waals surface area contributed by atoms with Gasteiger partial charge in [0.1, 0.15) is 0 Å². The SMILES string of the molecule is C[C@]1(c2ccccc2)CCCN(C(=O)CCCN2CCOCC2)C1. The van der Waals surface area contributed by atoms with Gasteiger partial charge in [0.15, 0.2) is 0 Å². The quantitative estimate of drug-likeness (QED) is 0.832. The molecule has 24 heavy (non-hydrogen) atoms. The van der Waals surface area contributed by atoms with E-state index >= 15 is 0 Å². The first-order valence-corrected chi connectivity index (χ1v) is 9.31. The summed E-state index contributed by atoms with van der Waals surface area (Å²) in [6.45, 7) is 8.75. The van der Waals surface area contributed by atoms with Crippen molar-refractivity contribution in [3.05, 3.63) is 35.9 Å². The molecule has 2 fully saturated rings. The van der Waals surface area contributed by atoms with Gasteiger partial charge >= 0.3 is 0 Å². The van der Waals surface area contributed by atoms with Crippen molar-refractivity contribution in [1.82, 2.24) is 9.80 Å². The van der Waals surface area contributed by atoms with E-state index in [-0.39, 0.29) is 5.41 Å². The second kappa shape index (κ2) is 8.13. The molecule has 0 bridgehead atoms. The molecule has 0 unspecified atom stereocenters. The van der Waals surface area contributed by atoms with Crippen LogP contribution in [-0.2, 0) is 14.9 Å². The number of ether oxygens (including phenoxy) is 1. The Labute approximate surface area is 145 Å². The van der Waals surface area contributed by atoms with Gasteiger partial charge < -0.3 is 9.64 Å². The van der Waals surface area contributed by atoms with E-state index in [1.165, 1.54) is 5.56 Å². The van der Waals surface area contributed by atoms with Gasteiger partial charge in [-0.25, -0.2) is 0 Å². The van der Waals surface area contributed by atoms with E-state index in [1.54, 1.807) is 0 Å². The molecule has 2 aliphatic rings. The summed E-state index contributed by atoms with van der Waals surface area (Å²) >= 11 is 0. The van der Waals surface area contributed by atoms with Gasteiger partial charge in [-0.2, -0.15) is 0 Å². The van der Waals surface area contributed by atoms with E-state index in [0.717, 1.165) is 65.2 Å². The second-order valence-electron chi connectivity index (χ2n) is 7.40. The summed E-state index contributed by atoms with van der Waals surface area (Å²) in [6, 6.07) is 10.7. The second-order valence-corrected chi connectivity index (χ2v) is 7.40. The number of amides is 1. The highest BCUT2D eigenvalue weighted by atomic mass is 16.5. The molecule has 4 nitrogen and oxygen atoms in total. The molecule has 0 spiro atoms. The molecule has 1 aromatic rings. The average Bonchev–Trinajstić information content (AvgIpc) is 2.63. The lowest BCUT2D eigenvalue weighted by atomic mass is 9.76. The minimum Gasteiger partial charge on any atom is -0.379 e. The molecule has 0 saturated carbocycles. The van der Waals surface area contributed by atoms with Gasteiger partial charge in [-0.05, 0) is 31.4 Å². The minimum absolute atomic E-state index is 0.0966. The van der Waals surface area contributed by atoms with E-state index in [2.05, 4.69) is 47.1 Å². The van der Waals surface area contributed by atoms with E-state index in [0.29, 0.717) is 12.3 Å². The number of nitrogens with zero attached hydrogens (tertiary/aromatic N) is 2. The topological polar surface area (TPSA) is 32.8 Å². The maximum atomic E-state index is 12.6. The Kier molecular flexibility index (Phi) is 5.90. The molecule has 2 heterocycles. The molecule has 1 aromatic carbocycles. The van der Waals surface area contributed by atoms with Crippen molar-refractivity contribution in [2.24, 2.45) is 0 Å². The molecule has 0 radical (unpaired) electrons. The Morgan fingerprint density at radius 2 is 1.92 bits per heavy atom. The fourth-order valence-corrected chi connectivity index (χ4v) is 3.97. The molecular formula is C20H30N2O2. The summed E-state index contributed by atoms with van der Waals surface area (Å²) in [5, 5.41) is 0. The lowest BCUT2D eigenvalue weighted by Crippen LogP contribution is -2.47. The third-order valence-corrected chi connectivity index (χ3v) is 5.49. The predicted octanol–water partition coefficient (Wildman–Crippen LogP) is 2.68. The first-order valence-electron chi connectivity index (χ1n) is 9.31. The molecule has 4 heteroatoms. The highest BCUT2D eigenvalue weighted by Gasteiger charge is 2.34. The van der Waals surface area contributed by atoms with Crippen LogP contribution in [0.2, 0.25) is 0 Å². The largest absolute Gasteiger partial charge is 0.379 e. The van der Waals surface area contributed by atoms with Crippen LogP contribution in [0.4, 0.5) is 0 Å². The molecule has 2 aliphatic heterocycles. The highest BCUT2D eigenvalue weighted by Crippen LogP contribution is 2.33. The zero-order chi connectivity index (χ0) is 16.8. The number of hydrogen-bond acceptors (Lipinski definition) is 3. The molecule has 2 saturated heterocycles. The summed E-state index contributed by atoms with van der Waals surface area (Å²) < 4.78 is 5.37. The number of likely N-dealkylation sites (tertiary alicyclic amines) is 1. The molecule has 3 rings (SSSR count). The van der Waals surface area contributed by atoms with Crippen LogP contribution in [0, 0.1) is 0 Å². The van der Waals surface area contributed by atoms with Gasteiger partial charge in [0.05, 0.1) is 13.2 Å². The van der Waals surface area contributed by atoms with E-state index in [4.69, 9.17) is 4.74 Å². The van der Waals surface area contributed by atoms with Crippen molar-refractivity contribution in [1.29, 1.82) is 0 Å². The number of hydrogen-bond donors (Lipinski definition) is 0. The van der Waals surface area contributed by atoms with Gasteiger partial charge in [-0.3, -0.25) is 9.69 Å². The number of carbonyl (C=O) groups excluding carboxylic acids is 1. The summed E-state index contributed by atoms with van der Waals surface area (Å²) in [7, 11) is 0. The third kappa shape index (κ3) is 4.37. The number of morpholine rings is 1. The van der Waals surface area contributed by atoms with Crippen LogP contribution in [0.15, 0.2) is 30.3 Å². The summed E-state index contributed by atoms with van der Waals surface area (Å²) in [6.07, 6.45) is 3.88. The number of benzene rings is 1. The van der Waals surface area contributed by atoms with Gasteiger partial charge in [0.25, 0.3) is 0 Å². The maximum absolute atomic E-state index is 12.6. The molecule has 132 valence electrons. The van der Waals surface area contributed by atoms with Crippen molar-refractivity contribution in [3.8, 4) is 0 Å².